The van der Waals surface area contributed by atoms with Gasteiger partial charge in [0.1, 0.15) is 5.92 Å². The molecule has 2 amide bonds. The molecule has 0 radical (unpaired) electrons. The van der Waals surface area contributed by atoms with E-state index in [0.717, 1.165) is 10.5 Å². The molecule has 2 rings (SSSR count). The molecule has 0 aliphatic carbocycles. The fraction of sp³-hybridized carbons (Fsp3) is 0.385. The zero-order valence-corrected chi connectivity index (χ0v) is 11.4. The van der Waals surface area contributed by atoms with Crippen molar-refractivity contribution in [3.05, 3.63) is 29.8 Å². The molecule has 1 aromatic rings. The summed E-state index contributed by atoms with van der Waals surface area (Å²) in [6, 6.07) is 7.80. The van der Waals surface area contributed by atoms with Gasteiger partial charge in [-0.05, 0) is 24.0 Å². The zero-order chi connectivity index (χ0) is 13.8. The van der Waals surface area contributed by atoms with Crippen molar-refractivity contribution in [3.8, 4) is 0 Å². The van der Waals surface area contributed by atoms with E-state index in [1.54, 1.807) is 11.8 Å². The van der Waals surface area contributed by atoms with Crippen LogP contribution >= 0.6 is 11.8 Å². The molecule has 6 heteroatoms. The van der Waals surface area contributed by atoms with Crippen molar-refractivity contribution in [2.24, 2.45) is 5.92 Å². The Hall–Kier alpha value is -1.53. The second-order valence-electron chi connectivity index (χ2n) is 4.36. The van der Waals surface area contributed by atoms with Crippen LogP contribution in [0.3, 0.4) is 0 Å². The molecular formula is C13H16N2O3S. The van der Waals surface area contributed by atoms with Crippen LogP contribution in [0.5, 0.6) is 0 Å². The van der Waals surface area contributed by atoms with Gasteiger partial charge in [0.25, 0.3) is 0 Å². The van der Waals surface area contributed by atoms with Gasteiger partial charge in [-0.3, -0.25) is 9.59 Å². The smallest absolute Gasteiger partial charge is 0.235 e. The second kappa shape index (κ2) is 6.08. The lowest BCUT2D eigenvalue weighted by atomic mass is 10.0. The lowest BCUT2D eigenvalue weighted by molar-refractivity contribution is -0.135. The standard InChI is InChI=1S/C13H16N2O3S/c1-19-9-4-2-3-8(5-9)6-14-12(17)11-10(16)7-15-13(11)18/h2-5,10-11,16H,6-7H2,1H3,(H,14,17)(H,15,18). The highest BCUT2D eigenvalue weighted by atomic mass is 32.2. The molecule has 19 heavy (non-hydrogen) atoms. The van der Waals surface area contributed by atoms with Crippen LogP contribution in [0.15, 0.2) is 29.2 Å². The molecule has 0 aromatic heterocycles. The fourth-order valence-electron chi connectivity index (χ4n) is 1.98. The monoisotopic (exact) mass is 280 g/mol. The molecule has 0 spiro atoms. The first-order valence-corrected chi connectivity index (χ1v) is 7.20. The van der Waals surface area contributed by atoms with Crippen molar-refractivity contribution >= 4 is 23.6 Å². The summed E-state index contributed by atoms with van der Waals surface area (Å²) in [6.45, 7) is 0.489. The number of carbonyl (C=O) groups is 2. The van der Waals surface area contributed by atoms with Crippen LogP contribution in [0.1, 0.15) is 5.56 Å². The van der Waals surface area contributed by atoms with Crippen LogP contribution in [-0.4, -0.2) is 35.8 Å². The largest absolute Gasteiger partial charge is 0.390 e. The summed E-state index contributed by atoms with van der Waals surface area (Å²) in [6.07, 6.45) is 1.04. The molecule has 1 aliphatic rings. The summed E-state index contributed by atoms with van der Waals surface area (Å²) in [4.78, 5) is 24.4. The Kier molecular flexibility index (Phi) is 4.44. The zero-order valence-electron chi connectivity index (χ0n) is 10.6. The van der Waals surface area contributed by atoms with Crippen LogP contribution in [0.2, 0.25) is 0 Å². The van der Waals surface area contributed by atoms with Gasteiger partial charge in [0.2, 0.25) is 11.8 Å². The molecule has 3 N–H and O–H groups in total. The van der Waals surface area contributed by atoms with Gasteiger partial charge in [-0.1, -0.05) is 12.1 Å². The number of carbonyl (C=O) groups excluding carboxylic acids is 2. The number of thioether (sulfide) groups is 1. The third kappa shape index (κ3) is 3.27. The lowest BCUT2D eigenvalue weighted by Crippen LogP contribution is -2.39. The first kappa shape index (κ1) is 13.9. The maximum absolute atomic E-state index is 11.9. The highest BCUT2D eigenvalue weighted by Crippen LogP contribution is 2.16. The average Bonchev–Trinajstić information content (AvgIpc) is 2.76. The molecule has 5 nitrogen and oxygen atoms in total. The molecule has 1 aromatic carbocycles. The van der Waals surface area contributed by atoms with E-state index in [9.17, 15) is 14.7 Å². The Morgan fingerprint density at radius 1 is 1.58 bits per heavy atom. The Morgan fingerprint density at radius 2 is 2.37 bits per heavy atom. The number of aliphatic hydroxyl groups is 1. The number of nitrogens with one attached hydrogen (secondary N) is 2. The molecule has 0 bridgehead atoms. The SMILES string of the molecule is CSc1cccc(CNC(=O)C2C(=O)NCC2O)c1. The van der Waals surface area contributed by atoms with Crippen molar-refractivity contribution in [1.29, 1.82) is 0 Å². The maximum atomic E-state index is 11.9. The quantitative estimate of drug-likeness (QED) is 0.541. The highest BCUT2D eigenvalue weighted by Gasteiger charge is 2.38. The fourth-order valence-corrected chi connectivity index (χ4v) is 2.47. The van der Waals surface area contributed by atoms with E-state index >= 15 is 0 Å². The van der Waals surface area contributed by atoms with Crippen LogP contribution in [0.25, 0.3) is 0 Å². The molecule has 1 heterocycles. The third-order valence-electron chi connectivity index (χ3n) is 3.04. The molecule has 2 unspecified atom stereocenters. The van der Waals surface area contributed by atoms with E-state index in [-0.39, 0.29) is 6.54 Å². The van der Waals surface area contributed by atoms with Gasteiger partial charge >= 0.3 is 0 Å². The molecular weight excluding hydrogens is 264 g/mol. The Morgan fingerprint density at radius 3 is 3.00 bits per heavy atom. The van der Waals surface area contributed by atoms with Gasteiger partial charge in [0.15, 0.2) is 0 Å². The van der Waals surface area contributed by atoms with Crippen molar-refractivity contribution in [2.45, 2.75) is 17.5 Å². The lowest BCUT2D eigenvalue weighted by Gasteiger charge is -2.12. The number of amides is 2. The first-order valence-electron chi connectivity index (χ1n) is 5.98. The minimum absolute atomic E-state index is 0.138. The van der Waals surface area contributed by atoms with E-state index in [2.05, 4.69) is 10.6 Å². The third-order valence-corrected chi connectivity index (χ3v) is 3.76. The summed E-state index contributed by atoms with van der Waals surface area (Å²) in [5.41, 5.74) is 0.966. The molecule has 1 saturated heterocycles. The van der Waals surface area contributed by atoms with Gasteiger partial charge in [-0.25, -0.2) is 0 Å². The normalized spacial score (nSPS) is 22.1. The molecule has 1 fully saturated rings. The van der Waals surface area contributed by atoms with Gasteiger partial charge in [-0.2, -0.15) is 0 Å². The number of aliphatic hydroxyl groups excluding tert-OH is 1. The molecule has 0 saturated carbocycles. The predicted octanol–water partition coefficient (Wildman–Crippen LogP) is 0.132. The number of hydrogen-bond donors (Lipinski definition) is 3. The van der Waals surface area contributed by atoms with Crippen LogP contribution < -0.4 is 10.6 Å². The number of rotatable bonds is 4. The average molecular weight is 280 g/mol. The van der Waals surface area contributed by atoms with E-state index < -0.39 is 23.8 Å². The second-order valence-corrected chi connectivity index (χ2v) is 5.24. The van der Waals surface area contributed by atoms with Crippen LogP contribution in [0.4, 0.5) is 0 Å². The summed E-state index contributed by atoms with van der Waals surface area (Å²) in [7, 11) is 0. The van der Waals surface area contributed by atoms with Crippen molar-refractivity contribution in [1.82, 2.24) is 10.6 Å². The van der Waals surface area contributed by atoms with Crippen molar-refractivity contribution < 1.29 is 14.7 Å². The first-order chi connectivity index (χ1) is 9.11. The summed E-state index contributed by atoms with van der Waals surface area (Å²) in [5.74, 6) is -1.84. The Bertz CT molecular complexity index is 493. The topological polar surface area (TPSA) is 78.4 Å². The van der Waals surface area contributed by atoms with E-state index in [1.807, 2.05) is 30.5 Å². The van der Waals surface area contributed by atoms with Gasteiger partial charge in [0.05, 0.1) is 6.10 Å². The van der Waals surface area contributed by atoms with Gasteiger partial charge < -0.3 is 15.7 Å². The number of benzene rings is 1. The van der Waals surface area contributed by atoms with Crippen LogP contribution in [-0.2, 0) is 16.1 Å². The molecule has 102 valence electrons. The number of β-amino-alcohol motifs (C(OH)–C–C–N with tert-alkyl or cyclic N) is 1. The van der Waals surface area contributed by atoms with Gasteiger partial charge in [-0.15, -0.1) is 11.8 Å². The minimum Gasteiger partial charge on any atom is -0.390 e. The van der Waals surface area contributed by atoms with Crippen molar-refractivity contribution in [3.63, 3.8) is 0 Å². The van der Waals surface area contributed by atoms with Crippen molar-refractivity contribution in [2.75, 3.05) is 12.8 Å². The Labute approximate surface area is 115 Å². The van der Waals surface area contributed by atoms with E-state index in [4.69, 9.17) is 0 Å². The van der Waals surface area contributed by atoms with E-state index in [0.29, 0.717) is 6.54 Å². The Balaban J connectivity index is 1.94. The minimum atomic E-state index is -0.997. The maximum Gasteiger partial charge on any atom is 0.235 e. The predicted molar refractivity (Wildman–Crippen MR) is 72.6 cm³/mol. The number of hydrogen-bond acceptors (Lipinski definition) is 4. The summed E-state index contributed by atoms with van der Waals surface area (Å²) < 4.78 is 0. The molecule has 2 atom stereocenters. The molecule has 1 aliphatic heterocycles. The highest BCUT2D eigenvalue weighted by molar-refractivity contribution is 7.98. The summed E-state index contributed by atoms with van der Waals surface area (Å²) >= 11 is 1.63. The van der Waals surface area contributed by atoms with E-state index in [1.165, 1.54) is 0 Å². The van der Waals surface area contributed by atoms with Crippen LogP contribution in [0, 0.1) is 5.92 Å². The van der Waals surface area contributed by atoms with Gasteiger partial charge in [0, 0.05) is 18.0 Å². The summed E-state index contributed by atoms with van der Waals surface area (Å²) in [5, 5.41) is 14.7.